The van der Waals surface area contributed by atoms with Gasteiger partial charge in [-0.05, 0) is 30.9 Å². The van der Waals surface area contributed by atoms with Gasteiger partial charge in [-0.1, -0.05) is 32.9 Å². The second-order valence-electron chi connectivity index (χ2n) is 5.03. The molecule has 0 saturated carbocycles. The molecule has 0 bridgehead atoms. The standard InChI is InChI=1S/C13H19FO/c1-9(2)15-11-8-6-7-10(12(11)14)13(3,4)5/h6-9H,1-5H3. The van der Waals surface area contributed by atoms with E-state index < -0.39 is 0 Å². The van der Waals surface area contributed by atoms with E-state index in [0.717, 1.165) is 0 Å². The maximum absolute atomic E-state index is 14.0. The van der Waals surface area contributed by atoms with E-state index in [2.05, 4.69) is 0 Å². The predicted molar refractivity (Wildman–Crippen MR) is 60.9 cm³/mol. The van der Waals surface area contributed by atoms with Gasteiger partial charge in [0.1, 0.15) is 0 Å². The highest BCUT2D eigenvalue weighted by molar-refractivity contribution is 5.35. The van der Waals surface area contributed by atoms with Gasteiger partial charge in [-0.2, -0.15) is 0 Å². The summed E-state index contributed by atoms with van der Waals surface area (Å²) in [5.74, 6) is 0.108. The maximum atomic E-state index is 14.0. The van der Waals surface area contributed by atoms with Crippen LogP contribution >= 0.6 is 0 Å². The first-order chi connectivity index (χ1) is 6.82. The third-order valence-corrected chi connectivity index (χ3v) is 2.13. The van der Waals surface area contributed by atoms with Crippen LogP contribution in [0, 0.1) is 5.82 Å². The predicted octanol–water partition coefficient (Wildman–Crippen LogP) is 3.91. The van der Waals surface area contributed by atoms with Crippen molar-refractivity contribution in [2.75, 3.05) is 0 Å². The molecule has 0 spiro atoms. The zero-order valence-electron chi connectivity index (χ0n) is 10.1. The van der Waals surface area contributed by atoms with Crippen LogP contribution in [0.2, 0.25) is 0 Å². The topological polar surface area (TPSA) is 9.23 Å². The quantitative estimate of drug-likeness (QED) is 0.719. The first-order valence-corrected chi connectivity index (χ1v) is 5.28. The van der Waals surface area contributed by atoms with Crippen LogP contribution in [-0.2, 0) is 5.41 Å². The lowest BCUT2D eigenvalue weighted by Crippen LogP contribution is -2.15. The van der Waals surface area contributed by atoms with Crippen molar-refractivity contribution in [2.24, 2.45) is 0 Å². The number of benzene rings is 1. The summed E-state index contributed by atoms with van der Waals surface area (Å²) in [6.07, 6.45) is -0.00489. The Labute approximate surface area is 91.3 Å². The minimum absolute atomic E-state index is 0.00489. The second-order valence-corrected chi connectivity index (χ2v) is 5.03. The molecule has 0 heterocycles. The van der Waals surface area contributed by atoms with Gasteiger partial charge >= 0.3 is 0 Å². The summed E-state index contributed by atoms with van der Waals surface area (Å²) < 4.78 is 19.4. The maximum Gasteiger partial charge on any atom is 0.168 e. The first-order valence-electron chi connectivity index (χ1n) is 5.28. The Hall–Kier alpha value is -1.05. The van der Waals surface area contributed by atoms with E-state index in [1.165, 1.54) is 0 Å². The van der Waals surface area contributed by atoms with Gasteiger partial charge in [0.2, 0.25) is 0 Å². The average molecular weight is 210 g/mol. The molecule has 0 amide bonds. The van der Waals surface area contributed by atoms with Gasteiger partial charge in [0.15, 0.2) is 11.6 Å². The molecular weight excluding hydrogens is 191 g/mol. The third-order valence-electron chi connectivity index (χ3n) is 2.13. The third kappa shape index (κ3) is 2.95. The van der Waals surface area contributed by atoms with Crippen molar-refractivity contribution in [1.82, 2.24) is 0 Å². The largest absolute Gasteiger partial charge is 0.488 e. The van der Waals surface area contributed by atoms with Crippen LogP contribution in [0.3, 0.4) is 0 Å². The molecule has 0 N–H and O–H groups in total. The molecule has 15 heavy (non-hydrogen) atoms. The summed E-state index contributed by atoms with van der Waals surface area (Å²) in [4.78, 5) is 0. The fourth-order valence-corrected chi connectivity index (χ4v) is 1.43. The number of hydrogen-bond acceptors (Lipinski definition) is 1. The van der Waals surface area contributed by atoms with Crippen molar-refractivity contribution in [3.63, 3.8) is 0 Å². The molecular formula is C13H19FO. The van der Waals surface area contributed by atoms with E-state index in [1.54, 1.807) is 6.07 Å². The van der Waals surface area contributed by atoms with Gasteiger partial charge in [0.05, 0.1) is 6.10 Å². The summed E-state index contributed by atoms with van der Waals surface area (Å²) in [7, 11) is 0. The zero-order chi connectivity index (χ0) is 11.6. The summed E-state index contributed by atoms with van der Waals surface area (Å²) in [5.41, 5.74) is 0.501. The minimum Gasteiger partial charge on any atom is -0.488 e. The normalized spacial score (nSPS) is 11.9. The van der Waals surface area contributed by atoms with Gasteiger partial charge in [0, 0.05) is 0 Å². The van der Waals surface area contributed by atoms with E-state index in [-0.39, 0.29) is 17.3 Å². The molecule has 1 aromatic rings. The molecule has 0 aromatic heterocycles. The molecule has 0 aliphatic carbocycles. The van der Waals surface area contributed by atoms with Crippen LogP contribution < -0.4 is 4.74 Å². The monoisotopic (exact) mass is 210 g/mol. The highest BCUT2D eigenvalue weighted by Crippen LogP contribution is 2.30. The molecule has 84 valence electrons. The first kappa shape index (κ1) is 12.0. The number of rotatable bonds is 2. The molecule has 1 aromatic carbocycles. The van der Waals surface area contributed by atoms with Gasteiger partial charge in [0.25, 0.3) is 0 Å². The van der Waals surface area contributed by atoms with E-state index in [9.17, 15) is 4.39 Å². The minimum atomic E-state index is -0.237. The van der Waals surface area contributed by atoms with E-state index in [4.69, 9.17) is 4.74 Å². The number of halogens is 1. The van der Waals surface area contributed by atoms with E-state index in [1.807, 2.05) is 46.8 Å². The lowest BCUT2D eigenvalue weighted by molar-refractivity contribution is 0.229. The molecule has 2 heteroatoms. The molecule has 0 atom stereocenters. The molecule has 1 nitrogen and oxygen atoms in total. The van der Waals surface area contributed by atoms with Crippen molar-refractivity contribution >= 4 is 0 Å². The highest BCUT2D eigenvalue weighted by Gasteiger charge is 2.21. The highest BCUT2D eigenvalue weighted by atomic mass is 19.1. The van der Waals surface area contributed by atoms with Crippen LogP contribution in [0.15, 0.2) is 18.2 Å². The Bertz CT molecular complexity index is 337. The summed E-state index contributed by atoms with van der Waals surface area (Å²) >= 11 is 0. The van der Waals surface area contributed by atoms with Crippen molar-refractivity contribution in [2.45, 2.75) is 46.1 Å². The van der Waals surface area contributed by atoms with Crippen molar-refractivity contribution in [3.8, 4) is 5.75 Å². The van der Waals surface area contributed by atoms with Crippen LogP contribution in [0.1, 0.15) is 40.2 Å². The Morgan fingerprint density at radius 3 is 2.27 bits per heavy atom. The van der Waals surface area contributed by atoms with Gasteiger partial charge in [-0.3, -0.25) is 0 Å². The van der Waals surface area contributed by atoms with Crippen LogP contribution in [0.25, 0.3) is 0 Å². The molecule has 0 unspecified atom stereocenters. The summed E-state index contributed by atoms with van der Waals surface area (Å²) in [6, 6.07) is 5.31. The average Bonchev–Trinajstić information content (AvgIpc) is 2.05. The lowest BCUT2D eigenvalue weighted by atomic mass is 9.86. The van der Waals surface area contributed by atoms with E-state index in [0.29, 0.717) is 11.3 Å². The van der Waals surface area contributed by atoms with Gasteiger partial charge in [-0.25, -0.2) is 4.39 Å². The fourth-order valence-electron chi connectivity index (χ4n) is 1.43. The molecule has 0 saturated heterocycles. The lowest BCUT2D eigenvalue weighted by Gasteiger charge is -2.21. The summed E-state index contributed by atoms with van der Waals surface area (Å²) in [6.45, 7) is 9.76. The Morgan fingerprint density at radius 1 is 1.20 bits per heavy atom. The van der Waals surface area contributed by atoms with Gasteiger partial charge in [-0.15, -0.1) is 0 Å². The van der Waals surface area contributed by atoms with Crippen LogP contribution in [-0.4, -0.2) is 6.10 Å². The zero-order valence-corrected chi connectivity index (χ0v) is 10.1. The van der Waals surface area contributed by atoms with E-state index >= 15 is 0 Å². The van der Waals surface area contributed by atoms with Crippen molar-refractivity contribution in [3.05, 3.63) is 29.6 Å². The number of ether oxygens (including phenoxy) is 1. The molecule has 0 aliphatic rings. The van der Waals surface area contributed by atoms with Gasteiger partial charge < -0.3 is 4.74 Å². The smallest absolute Gasteiger partial charge is 0.168 e. The Balaban J connectivity index is 3.12. The molecule has 0 aliphatic heterocycles. The summed E-state index contributed by atoms with van der Waals surface area (Å²) in [5, 5.41) is 0. The number of hydrogen-bond donors (Lipinski definition) is 0. The van der Waals surface area contributed by atoms with Crippen LogP contribution in [0.5, 0.6) is 5.75 Å². The Morgan fingerprint density at radius 2 is 1.80 bits per heavy atom. The molecule has 0 fully saturated rings. The fraction of sp³-hybridized carbons (Fsp3) is 0.538. The molecule has 1 rings (SSSR count). The molecule has 0 radical (unpaired) electrons. The van der Waals surface area contributed by atoms with Crippen molar-refractivity contribution in [1.29, 1.82) is 0 Å². The Kier molecular flexibility index (Phi) is 3.38. The van der Waals surface area contributed by atoms with Crippen molar-refractivity contribution < 1.29 is 9.13 Å². The second kappa shape index (κ2) is 4.21. The SMILES string of the molecule is CC(C)Oc1cccc(C(C)(C)C)c1F. The van der Waals surface area contributed by atoms with Crippen LogP contribution in [0.4, 0.5) is 4.39 Å².